The molecule has 5 heterocycles. The molecular formula is C12H12N4. The molecule has 6 rings (SSSR count). The molecule has 2 aromatic rings. The Balaban J connectivity index is 1.97. The number of benzene rings is 1. The Morgan fingerprint density at radius 3 is 1.31 bits per heavy atom. The van der Waals surface area contributed by atoms with E-state index in [0.717, 1.165) is 37.3 Å². The van der Waals surface area contributed by atoms with Crippen molar-refractivity contribution in [2.24, 2.45) is 0 Å². The topological polar surface area (TPSA) is 51.6 Å². The van der Waals surface area contributed by atoms with E-state index in [9.17, 15) is 0 Å². The van der Waals surface area contributed by atoms with Crippen molar-refractivity contribution in [2.45, 2.75) is 25.7 Å². The predicted molar refractivity (Wildman–Crippen MR) is 58.9 cm³/mol. The third-order valence-corrected chi connectivity index (χ3v) is 2.86. The summed E-state index contributed by atoms with van der Waals surface area (Å²) in [6.45, 7) is 0. The molecule has 4 nitrogen and oxygen atoms in total. The van der Waals surface area contributed by atoms with Gasteiger partial charge in [0.05, 0.1) is 0 Å². The summed E-state index contributed by atoms with van der Waals surface area (Å²) in [4.78, 5) is 0. The lowest BCUT2D eigenvalue weighted by Crippen LogP contribution is -2.08. The zero-order valence-corrected chi connectivity index (χ0v) is 8.93. The standard InChI is InChI=1S/C12H12N4/c1-2-10-4-3-9(1)5-7-11-13-15-12(8-6-10)16-14-11/h1-4H,5-8H2. The van der Waals surface area contributed by atoms with E-state index in [1.54, 1.807) is 0 Å². The molecule has 1 aromatic carbocycles. The lowest BCUT2D eigenvalue weighted by Gasteiger charge is -2.06. The summed E-state index contributed by atoms with van der Waals surface area (Å²) in [7, 11) is 0. The molecule has 0 saturated carbocycles. The van der Waals surface area contributed by atoms with Gasteiger partial charge < -0.3 is 0 Å². The summed E-state index contributed by atoms with van der Waals surface area (Å²) in [5.41, 5.74) is 2.63. The van der Waals surface area contributed by atoms with Gasteiger partial charge in [-0.05, 0) is 24.0 Å². The van der Waals surface area contributed by atoms with Crippen molar-refractivity contribution in [2.75, 3.05) is 0 Å². The molecule has 4 bridgehead atoms. The number of hydrogen-bond donors (Lipinski definition) is 0. The maximum absolute atomic E-state index is 4.08. The van der Waals surface area contributed by atoms with Crippen LogP contribution in [0.25, 0.3) is 0 Å². The van der Waals surface area contributed by atoms with Crippen molar-refractivity contribution in [3.05, 3.63) is 47.0 Å². The molecule has 0 radical (unpaired) electrons. The molecule has 0 N–H and O–H groups in total. The molecule has 4 aliphatic heterocycles. The average Bonchev–Trinajstić information content (AvgIpc) is 2.33. The first kappa shape index (κ1) is 9.39. The first-order valence-corrected chi connectivity index (χ1v) is 5.53. The fourth-order valence-corrected chi connectivity index (χ4v) is 1.86. The smallest absolute Gasteiger partial charge is 0.131 e. The number of nitrogens with zero attached hydrogens (tertiary/aromatic N) is 4. The second-order valence-electron chi connectivity index (χ2n) is 4.05. The molecule has 0 saturated heterocycles. The molecule has 4 aliphatic rings. The highest BCUT2D eigenvalue weighted by Gasteiger charge is 2.05. The summed E-state index contributed by atoms with van der Waals surface area (Å²) in [5.74, 6) is 1.46. The van der Waals surface area contributed by atoms with Crippen molar-refractivity contribution in [1.29, 1.82) is 0 Å². The zero-order chi connectivity index (χ0) is 10.8. The minimum Gasteiger partial charge on any atom is -0.131 e. The second kappa shape index (κ2) is 3.96. The second-order valence-corrected chi connectivity index (χ2v) is 4.05. The first-order chi connectivity index (χ1) is 7.90. The molecule has 0 spiro atoms. The normalized spacial score (nSPS) is 14.5. The van der Waals surface area contributed by atoms with Crippen LogP contribution in [-0.2, 0) is 25.7 Å². The highest BCUT2D eigenvalue weighted by molar-refractivity contribution is 5.23. The Hall–Kier alpha value is -1.84. The quantitative estimate of drug-likeness (QED) is 0.657. The number of hydrogen-bond acceptors (Lipinski definition) is 4. The van der Waals surface area contributed by atoms with E-state index in [1.165, 1.54) is 11.1 Å². The zero-order valence-electron chi connectivity index (χ0n) is 8.93. The fraction of sp³-hybridized carbons (Fsp3) is 0.333. The minimum absolute atomic E-state index is 0.730. The van der Waals surface area contributed by atoms with Crippen molar-refractivity contribution >= 4 is 0 Å². The summed E-state index contributed by atoms with van der Waals surface area (Å²) in [6.07, 6.45) is 3.51. The van der Waals surface area contributed by atoms with Crippen LogP contribution in [0, 0.1) is 0 Å². The lowest BCUT2D eigenvalue weighted by molar-refractivity contribution is 0.680. The Bertz CT molecular complexity index is 382. The van der Waals surface area contributed by atoms with E-state index in [1.807, 2.05) is 0 Å². The Morgan fingerprint density at radius 2 is 0.938 bits per heavy atom. The van der Waals surface area contributed by atoms with E-state index in [0.29, 0.717) is 0 Å². The van der Waals surface area contributed by atoms with Gasteiger partial charge in [0, 0.05) is 12.8 Å². The number of aromatic nitrogens is 4. The van der Waals surface area contributed by atoms with Crippen LogP contribution in [0.3, 0.4) is 0 Å². The molecule has 0 unspecified atom stereocenters. The van der Waals surface area contributed by atoms with E-state index < -0.39 is 0 Å². The van der Waals surface area contributed by atoms with Crippen LogP contribution in [0.2, 0.25) is 0 Å². The van der Waals surface area contributed by atoms with Crippen LogP contribution in [-0.4, -0.2) is 20.4 Å². The van der Waals surface area contributed by atoms with Gasteiger partial charge in [0.1, 0.15) is 0 Å². The van der Waals surface area contributed by atoms with Crippen molar-refractivity contribution in [1.82, 2.24) is 20.4 Å². The Labute approximate surface area is 93.8 Å². The highest BCUT2D eigenvalue weighted by atomic mass is 15.3. The summed E-state index contributed by atoms with van der Waals surface area (Å²) in [6, 6.07) is 8.74. The summed E-state index contributed by atoms with van der Waals surface area (Å²) in [5, 5.41) is 16.3. The highest BCUT2D eigenvalue weighted by Crippen LogP contribution is 2.10. The van der Waals surface area contributed by atoms with Gasteiger partial charge in [-0.3, -0.25) is 0 Å². The van der Waals surface area contributed by atoms with Crippen LogP contribution in [0.5, 0.6) is 0 Å². The third kappa shape index (κ3) is 1.91. The van der Waals surface area contributed by atoms with Gasteiger partial charge >= 0.3 is 0 Å². The van der Waals surface area contributed by atoms with Crippen LogP contribution < -0.4 is 0 Å². The minimum atomic E-state index is 0.730. The summed E-state index contributed by atoms with van der Waals surface area (Å²) >= 11 is 0. The van der Waals surface area contributed by atoms with E-state index >= 15 is 0 Å². The van der Waals surface area contributed by atoms with E-state index in [4.69, 9.17) is 0 Å². The molecule has 0 amide bonds. The SMILES string of the molecule is c1cc2ccc1CCc1nnc(nn1)CC2. The maximum atomic E-state index is 4.08. The van der Waals surface area contributed by atoms with E-state index in [-0.39, 0.29) is 0 Å². The largest absolute Gasteiger partial charge is 0.173 e. The van der Waals surface area contributed by atoms with Gasteiger partial charge in [-0.2, -0.15) is 0 Å². The molecule has 0 fully saturated rings. The third-order valence-electron chi connectivity index (χ3n) is 2.86. The van der Waals surface area contributed by atoms with E-state index in [2.05, 4.69) is 44.7 Å². The van der Waals surface area contributed by atoms with Gasteiger partial charge in [-0.1, -0.05) is 24.3 Å². The first-order valence-electron chi connectivity index (χ1n) is 5.53. The molecule has 0 aliphatic carbocycles. The fourth-order valence-electron chi connectivity index (χ4n) is 1.86. The monoisotopic (exact) mass is 212 g/mol. The number of rotatable bonds is 0. The summed E-state index contributed by atoms with van der Waals surface area (Å²) < 4.78 is 0. The lowest BCUT2D eigenvalue weighted by atomic mass is 10.0. The Kier molecular flexibility index (Phi) is 2.33. The van der Waals surface area contributed by atoms with Gasteiger partial charge in [0.15, 0.2) is 11.6 Å². The predicted octanol–water partition coefficient (Wildman–Crippen LogP) is 1.15. The van der Waals surface area contributed by atoms with Crippen LogP contribution in [0.1, 0.15) is 22.8 Å². The van der Waals surface area contributed by atoms with Gasteiger partial charge in [-0.25, -0.2) is 0 Å². The van der Waals surface area contributed by atoms with Gasteiger partial charge in [-0.15, -0.1) is 20.4 Å². The molecule has 1 aromatic heterocycles. The maximum Gasteiger partial charge on any atom is 0.173 e. The molecule has 80 valence electrons. The van der Waals surface area contributed by atoms with Gasteiger partial charge in [0.25, 0.3) is 0 Å². The van der Waals surface area contributed by atoms with Crippen LogP contribution in [0.4, 0.5) is 0 Å². The average molecular weight is 212 g/mol. The Morgan fingerprint density at radius 1 is 0.562 bits per heavy atom. The molecule has 16 heavy (non-hydrogen) atoms. The van der Waals surface area contributed by atoms with Crippen LogP contribution in [0.15, 0.2) is 24.3 Å². The number of aryl methyl sites for hydroxylation is 4. The molecule has 4 heteroatoms. The van der Waals surface area contributed by atoms with Crippen LogP contribution >= 0.6 is 0 Å². The van der Waals surface area contributed by atoms with Gasteiger partial charge in [0.2, 0.25) is 0 Å². The molecule has 0 atom stereocenters. The van der Waals surface area contributed by atoms with Crippen molar-refractivity contribution < 1.29 is 0 Å². The molecular weight excluding hydrogens is 200 g/mol. The van der Waals surface area contributed by atoms with Crippen molar-refractivity contribution in [3.63, 3.8) is 0 Å². The van der Waals surface area contributed by atoms with Crippen molar-refractivity contribution in [3.8, 4) is 0 Å².